The third-order valence-electron chi connectivity index (χ3n) is 1.59. The lowest BCUT2D eigenvalue weighted by Crippen LogP contribution is -2.09. The summed E-state index contributed by atoms with van der Waals surface area (Å²) >= 11 is 4.97. The van der Waals surface area contributed by atoms with Crippen molar-refractivity contribution >= 4 is 33.2 Å². The number of nitrogens with zero attached hydrogens (tertiary/aromatic N) is 2. The molecule has 0 radical (unpaired) electrons. The smallest absolute Gasteiger partial charge is 0.219 e. The van der Waals surface area contributed by atoms with Crippen molar-refractivity contribution in [3.63, 3.8) is 0 Å². The zero-order valence-corrected chi connectivity index (χ0v) is 8.97. The van der Waals surface area contributed by atoms with Crippen molar-refractivity contribution < 1.29 is 0 Å². The Hall–Kier alpha value is -1.01. The van der Waals surface area contributed by atoms with Gasteiger partial charge < -0.3 is 11.6 Å². The van der Waals surface area contributed by atoms with Crippen molar-refractivity contribution in [3.05, 3.63) is 22.1 Å². The third kappa shape index (κ3) is 1.54. The molecule has 0 saturated carbocycles. The van der Waals surface area contributed by atoms with Gasteiger partial charge in [0.1, 0.15) is 5.69 Å². The molecule has 2 rings (SSSR count). The number of rotatable bonds is 1. The molecule has 68 valence electrons. The minimum absolute atomic E-state index is 0.319. The first kappa shape index (κ1) is 8.58. The first-order chi connectivity index (χ1) is 6.16. The number of nitrogen functional groups attached to an aromatic ring is 2. The molecule has 0 spiro atoms. The van der Waals surface area contributed by atoms with Gasteiger partial charge in [0.15, 0.2) is 0 Å². The van der Waals surface area contributed by atoms with Gasteiger partial charge in [-0.2, -0.15) is 0 Å². The molecule has 4 N–H and O–H groups in total. The van der Waals surface area contributed by atoms with Crippen LogP contribution < -0.4 is 11.6 Å². The van der Waals surface area contributed by atoms with Crippen molar-refractivity contribution in [1.82, 2.24) is 9.66 Å². The molecule has 0 aliphatic rings. The third-order valence-corrected chi connectivity index (χ3v) is 3.23. The van der Waals surface area contributed by atoms with Gasteiger partial charge in [-0.1, -0.05) is 0 Å². The van der Waals surface area contributed by atoms with E-state index in [0.717, 1.165) is 14.4 Å². The van der Waals surface area contributed by atoms with Crippen molar-refractivity contribution in [2.45, 2.75) is 0 Å². The normalized spacial score (nSPS) is 10.5. The Labute approximate surface area is 87.3 Å². The second-order valence-corrected chi connectivity index (χ2v) is 4.96. The van der Waals surface area contributed by atoms with Gasteiger partial charge in [-0.25, -0.2) is 9.66 Å². The van der Waals surface area contributed by atoms with Gasteiger partial charge in [0.25, 0.3) is 0 Å². The zero-order valence-electron chi connectivity index (χ0n) is 6.57. The predicted octanol–water partition coefficient (Wildman–Crippen LogP) is 1.67. The van der Waals surface area contributed by atoms with E-state index in [1.165, 1.54) is 4.68 Å². The maximum atomic E-state index is 5.51. The van der Waals surface area contributed by atoms with Gasteiger partial charge in [-0.3, -0.25) is 0 Å². The lowest BCUT2D eigenvalue weighted by molar-refractivity contribution is 1.02. The van der Waals surface area contributed by atoms with Crippen molar-refractivity contribution in [2.24, 2.45) is 0 Å². The lowest BCUT2D eigenvalue weighted by atomic mass is 10.4. The Morgan fingerprint density at radius 2 is 2.23 bits per heavy atom. The molecular weight excluding hydrogens is 252 g/mol. The highest BCUT2D eigenvalue weighted by Crippen LogP contribution is 2.30. The molecule has 0 bridgehead atoms. The maximum Gasteiger partial charge on any atom is 0.219 e. The van der Waals surface area contributed by atoms with E-state index in [9.17, 15) is 0 Å². The highest BCUT2D eigenvalue weighted by molar-refractivity contribution is 9.11. The SMILES string of the molecule is Nc1nc(-c2ccc(Br)s2)cn1N. The fourth-order valence-corrected chi connectivity index (χ4v) is 2.32. The standard InChI is InChI=1S/C7H7BrN4S/c8-6-2-1-5(13-6)4-3-12(10)7(9)11-4/h1-3H,10H2,(H2,9,11). The molecule has 13 heavy (non-hydrogen) atoms. The number of aromatic nitrogens is 2. The summed E-state index contributed by atoms with van der Waals surface area (Å²) in [5.74, 6) is 5.83. The number of hydrogen-bond donors (Lipinski definition) is 2. The van der Waals surface area contributed by atoms with Crippen molar-refractivity contribution in [3.8, 4) is 10.6 Å². The van der Waals surface area contributed by atoms with Gasteiger partial charge in [0.05, 0.1) is 14.9 Å². The summed E-state index contributed by atoms with van der Waals surface area (Å²) in [6.45, 7) is 0. The molecule has 0 aliphatic carbocycles. The topological polar surface area (TPSA) is 69.9 Å². The van der Waals surface area contributed by atoms with Crippen LogP contribution in [0, 0.1) is 0 Å². The minimum Gasteiger partial charge on any atom is -0.368 e. The molecule has 2 heterocycles. The number of thiophene rings is 1. The second kappa shape index (κ2) is 3.04. The molecule has 2 aromatic rings. The zero-order chi connectivity index (χ0) is 9.42. The maximum absolute atomic E-state index is 5.51. The number of hydrogen-bond acceptors (Lipinski definition) is 4. The summed E-state index contributed by atoms with van der Waals surface area (Å²) in [7, 11) is 0. The van der Waals surface area contributed by atoms with Crippen LogP contribution in [0.1, 0.15) is 0 Å². The van der Waals surface area contributed by atoms with Gasteiger partial charge in [-0.15, -0.1) is 11.3 Å². The summed E-state index contributed by atoms with van der Waals surface area (Å²) in [5.41, 5.74) is 6.31. The summed E-state index contributed by atoms with van der Waals surface area (Å²) in [4.78, 5) is 5.14. The Bertz CT molecular complexity index is 414. The first-order valence-electron chi connectivity index (χ1n) is 3.52. The molecule has 0 saturated heterocycles. The number of anilines is 1. The van der Waals surface area contributed by atoms with Crippen molar-refractivity contribution in [2.75, 3.05) is 11.6 Å². The lowest BCUT2D eigenvalue weighted by Gasteiger charge is -1.88. The molecule has 4 nitrogen and oxygen atoms in total. The van der Waals surface area contributed by atoms with E-state index in [1.54, 1.807) is 17.5 Å². The highest BCUT2D eigenvalue weighted by Gasteiger charge is 2.06. The van der Waals surface area contributed by atoms with E-state index < -0.39 is 0 Å². The molecule has 0 unspecified atom stereocenters. The molecular formula is C7H7BrN4S. The second-order valence-electron chi connectivity index (χ2n) is 2.50. The van der Waals surface area contributed by atoms with Crippen LogP contribution in [0.2, 0.25) is 0 Å². The summed E-state index contributed by atoms with van der Waals surface area (Å²) < 4.78 is 2.37. The van der Waals surface area contributed by atoms with E-state index in [4.69, 9.17) is 11.6 Å². The molecule has 0 amide bonds. The van der Waals surface area contributed by atoms with Crippen LogP contribution in [-0.4, -0.2) is 9.66 Å². The van der Waals surface area contributed by atoms with E-state index in [2.05, 4.69) is 20.9 Å². The van der Waals surface area contributed by atoms with Crippen LogP contribution >= 0.6 is 27.3 Å². The van der Waals surface area contributed by atoms with Gasteiger partial charge in [0, 0.05) is 0 Å². The monoisotopic (exact) mass is 258 g/mol. The van der Waals surface area contributed by atoms with E-state index in [-0.39, 0.29) is 0 Å². The Balaban J connectivity index is 2.46. The Morgan fingerprint density at radius 3 is 2.69 bits per heavy atom. The number of nitrogens with two attached hydrogens (primary N) is 2. The Kier molecular flexibility index (Phi) is 2.01. The van der Waals surface area contributed by atoms with E-state index in [1.807, 2.05) is 12.1 Å². The van der Waals surface area contributed by atoms with Crippen LogP contribution in [0.15, 0.2) is 22.1 Å². The molecule has 0 fully saturated rings. The van der Waals surface area contributed by atoms with Crippen LogP contribution in [0.3, 0.4) is 0 Å². The largest absolute Gasteiger partial charge is 0.368 e. The summed E-state index contributed by atoms with van der Waals surface area (Å²) in [5, 5.41) is 0. The highest BCUT2D eigenvalue weighted by atomic mass is 79.9. The van der Waals surface area contributed by atoms with Gasteiger partial charge >= 0.3 is 0 Å². The average Bonchev–Trinajstić information content (AvgIpc) is 2.61. The molecule has 0 atom stereocenters. The van der Waals surface area contributed by atoms with Crippen LogP contribution in [0.25, 0.3) is 10.6 Å². The quantitative estimate of drug-likeness (QED) is 0.765. The molecule has 0 aromatic carbocycles. The van der Waals surface area contributed by atoms with Gasteiger partial charge in [-0.05, 0) is 28.1 Å². The molecule has 0 aliphatic heterocycles. The Morgan fingerprint density at radius 1 is 1.46 bits per heavy atom. The van der Waals surface area contributed by atoms with Crippen LogP contribution in [-0.2, 0) is 0 Å². The van der Waals surface area contributed by atoms with E-state index in [0.29, 0.717) is 5.95 Å². The van der Waals surface area contributed by atoms with Crippen molar-refractivity contribution in [1.29, 1.82) is 0 Å². The number of halogens is 1. The minimum atomic E-state index is 0.319. The van der Waals surface area contributed by atoms with E-state index >= 15 is 0 Å². The fourth-order valence-electron chi connectivity index (χ4n) is 0.979. The predicted molar refractivity (Wildman–Crippen MR) is 57.8 cm³/mol. The average molecular weight is 259 g/mol. The van der Waals surface area contributed by atoms with Gasteiger partial charge in [0.2, 0.25) is 5.95 Å². The summed E-state index contributed by atoms with van der Waals surface area (Å²) in [6, 6.07) is 3.93. The first-order valence-corrected chi connectivity index (χ1v) is 5.13. The van der Waals surface area contributed by atoms with Crippen LogP contribution in [0.4, 0.5) is 5.95 Å². The fraction of sp³-hybridized carbons (Fsp3) is 0. The summed E-state index contributed by atoms with van der Waals surface area (Å²) in [6.07, 6.45) is 1.70. The molecule has 2 aromatic heterocycles. The van der Waals surface area contributed by atoms with Crippen LogP contribution in [0.5, 0.6) is 0 Å². The molecule has 6 heteroatoms. The number of imidazole rings is 1.